The van der Waals surface area contributed by atoms with E-state index < -0.39 is 24.2 Å². The molecule has 0 bridgehead atoms. The van der Waals surface area contributed by atoms with Crippen LogP contribution in [0.1, 0.15) is 46.0 Å². The van der Waals surface area contributed by atoms with Gasteiger partial charge in [0.25, 0.3) is 0 Å². The van der Waals surface area contributed by atoms with Crippen LogP contribution in [0.3, 0.4) is 0 Å². The molecule has 98 valence electrons. The third kappa shape index (κ3) is 9.35. The van der Waals surface area contributed by atoms with Crippen molar-refractivity contribution in [2.24, 2.45) is 0 Å². The largest absolute Gasteiger partial charge is 0.481 e. The van der Waals surface area contributed by atoms with Crippen molar-refractivity contribution in [3.8, 4) is 0 Å². The molecular formula is C11H18O6. The smallest absolute Gasteiger partial charge is 0.308 e. The van der Waals surface area contributed by atoms with Crippen molar-refractivity contribution in [2.45, 2.75) is 52.2 Å². The van der Waals surface area contributed by atoms with Crippen LogP contribution in [0, 0.1) is 0 Å². The van der Waals surface area contributed by atoms with Gasteiger partial charge in [-0.25, -0.2) is 0 Å². The molecule has 0 aliphatic rings. The van der Waals surface area contributed by atoms with Gasteiger partial charge in [0, 0.05) is 26.2 Å². The van der Waals surface area contributed by atoms with E-state index in [9.17, 15) is 14.4 Å². The van der Waals surface area contributed by atoms with Crippen LogP contribution in [0.15, 0.2) is 0 Å². The second-order valence-corrected chi connectivity index (χ2v) is 3.50. The minimum atomic E-state index is -0.894. The summed E-state index contributed by atoms with van der Waals surface area (Å²) < 4.78 is 9.54. The molecule has 1 atom stereocenters. The lowest BCUT2D eigenvalue weighted by atomic mass is 10.2. The molecule has 0 saturated carbocycles. The average Bonchev–Trinajstić information content (AvgIpc) is 2.23. The molecule has 0 spiro atoms. The molecule has 0 aliphatic heterocycles. The maximum Gasteiger partial charge on any atom is 0.308 e. The number of unbranched alkanes of at least 4 members (excludes halogenated alkanes) is 1. The molecule has 6 nitrogen and oxygen atoms in total. The van der Waals surface area contributed by atoms with Gasteiger partial charge in [-0.1, -0.05) is 6.92 Å². The lowest BCUT2D eigenvalue weighted by molar-refractivity contribution is -0.184. The molecule has 1 unspecified atom stereocenters. The predicted molar refractivity (Wildman–Crippen MR) is 58.0 cm³/mol. The summed E-state index contributed by atoms with van der Waals surface area (Å²) in [5.41, 5.74) is 0. The molecule has 0 aromatic heterocycles. The lowest BCUT2D eigenvalue weighted by Crippen LogP contribution is -2.21. The summed E-state index contributed by atoms with van der Waals surface area (Å²) >= 11 is 0. The molecule has 0 radical (unpaired) electrons. The quantitative estimate of drug-likeness (QED) is 0.396. The first kappa shape index (κ1) is 15.4. The molecular weight excluding hydrogens is 228 g/mol. The summed E-state index contributed by atoms with van der Waals surface area (Å²) in [6, 6.07) is 0. The minimum absolute atomic E-state index is 0.0354. The summed E-state index contributed by atoms with van der Waals surface area (Å²) in [5.74, 6) is -1.81. The number of hydrogen-bond acceptors (Lipinski definition) is 5. The van der Waals surface area contributed by atoms with E-state index in [1.807, 2.05) is 0 Å². The Labute approximate surface area is 99.9 Å². The zero-order valence-corrected chi connectivity index (χ0v) is 10.1. The van der Waals surface area contributed by atoms with Gasteiger partial charge < -0.3 is 14.6 Å². The highest BCUT2D eigenvalue weighted by Crippen LogP contribution is 2.04. The Morgan fingerprint density at radius 1 is 1.06 bits per heavy atom. The molecule has 17 heavy (non-hydrogen) atoms. The number of carbonyl (C=O) groups excluding carboxylic acids is 2. The van der Waals surface area contributed by atoms with Crippen LogP contribution in [0.25, 0.3) is 0 Å². The van der Waals surface area contributed by atoms with E-state index in [0.717, 1.165) is 0 Å². The van der Waals surface area contributed by atoms with Crippen LogP contribution in [-0.4, -0.2) is 29.3 Å². The van der Waals surface area contributed by atoms with Gasteiger partial charge in [-0.2, -0.15) is 0 Å². The third-order valence-electron chi connectivity index (χ3n) is 1.91. The van der Waals surface area contributed by atoms with Crippen molar-refractivity contribution in [3.05, 3.63) is 0 Å². The Kier molecular flexibility index (Phi) is 7.75. The summed E-state index contributed by atoms with van der Waals surface area (Å²) in [5, 5.41) is 8.38. The number of carboxylic acid groups (broad SMARTS) is 1. The maximum atomic E-state index is 11.2. The molecule has 6 heteroatoms. The molecule has 0 saturated heterocycles. The first-order chi connectivity index (χ1) is 7.95. The second-order valence-electron chi connectivity index (χ2n) is 3.50. The Morgan fingerprint density at radius 3 is 2.12 bits per heavy atom. The van der Waals surface area contributed by atoms with Crippen LogP contribution in [0.5, 0.6) is 0 Å². The molecule has 0 aromatic rings. The first-order valence-corrected chi connectivity index (χ1v) is 5.56. The van der Waals surface area contributed by atoms with Gasteiger partial charge in [-0.3, -0.25) is 14.4 Å². The molecule has 1 N–H and O–H groups in total. The topological polar surface area (TPSA) is 89.9 Å². The van der Waals surface area contributed by atoms with E-state index >= 15 is 0 Å². The normalized spacial score (nSPS) is 11.6. The van der Waals surface area contributed by atoms with Crippen LogP contribution >= 0.6 is 0 Å². The van der Waals surface area contributed by atoms with Crippen molar-refractivity contribution in [1.82, 2.24) is 0 Å². The fourth-order valence-corrected chi connectivity index (χ4v) is 1.08. The SMILES string of the molecule is CCC(=O)OC(C)OC(=O)CCCCC(=O)O. The van der Waals surface area contributed by atoms with Gasteiger partial charge in [-0.05, 0) is 12.8 Å². The number of aliphatic carboxylic acids is 1. The number of hydrogen-bond donors (Lipinski definition) is 1. The molecule has 0 aliphatic carbocycles. The van der Waals surface area contributed by atoms with Crippen LogP contribution < -0.4 is 0 Å². The highest BCUT2D eigenvalue weighted by atomic mass is 16.7. The number of carboxylic acids is 1. The van der Waals surface area contributed by atoms with Crippen LogP contribution in [-0.2, 0) is 23.9 Å². The number of ether oxygens (including phenoxy) is 2. The Morgan fingerprint density at radius 2 is 1.59 bits per heavy atom. The van der Waals surface area contributed by atoms with Gasteiger partial charge in [0.05, 0.1) is 0 Å². The van der Waals surface area contributed by atoms with Crippen LogP contribution in [0.4, 0.5) is 0 Å². The first-order valence-electron chi connectivity index (χ1n) is 5.56. The minimum Gasteiger partial charge on any atom is -0.481 e. The standard InChI is InChI=1S/C11H18O6/c1-3-10(14)16-8(2)17-11(15)7-5-4-6-9(12)13/h8H,3-7H2,1-2H3,(H,12,13). The van der Waals surface area contributed by atoms with Gasteiger partial charge in [-0.15, -0.1) is 0 Å². The van der Waals surface area contributed by atoms with Crippen molar-refractivity contribution in [2.75, 3.05) is 0 Å². The monoisotopic (exact) mass is 246 g/mol. The van der Waals surface area contributed by atoms with E-state index in [1.165, 1.54) is 6.92 Å². The van der Waals surface area contributed by atoms with E-state index in [0.29, 0.717) is 12.8 Å². The fourth-order valence-electron chi connectivity index (χ4n) is 1.08. The summed E-state index contributed by atoms with van der Waals surface area (Å²) in [6.45, 7) is 3.10. The zero-order valence-electron chi connectivity index (χ0n) is 10.1. The van der Waals surface area contributed by atoms with Gasteiger partial charge in [0.1, 0.15) is 0 Å². The fraction of sp³-hybridized carbons (Fsp3) is 0.727. The van der Waals surface area contributed by atoms with Crippen molar-refractivity contribution in [1.29, 1.82) is 0 Å². The van der Waals surface area contributed by atoms with Crippen molar-refractivity contribution in [3.63, 3.8) is 0 Å². The van der Waals surface area contributed by atoms with E-state index in [4.69, 9.17) is 14.6 Å². The van der Waals surface area contributed by atoms with Crippen molar-refractivity contribution >= 4 is 17.9 Å². The van der Waals surface area contributed by atoms with Crippen LogP contribution in [0.2, 0.25) is 0 Å². The highest BCUT2D eigenvalue weighted by molar-refractivity contribution is 5.71. The zero-order chi connectivity index (χ0) is 13.3. The molecule has 0 heterocycles. The predicted octanol–water partition coefficient (Wildman–Crippen LogP) is 1.47. The van der Waals surface area contributed by atoms with E-state index in [-0.39, 0.29) is 19.3 Å². The van der Waals surface area contributed by atoms with Gasteiger partial charge in [0.15, 0.2) is 0 Å². The van der Waals surface area contributed by atoms with E-state index in [2.05, 4.69) is 0 Å². The molecule has 0 aromatic carbocycles. The Bertz CT molecular complexity index is 273. The van der Waals surface area contributed by atoms with Gasteiger partial charge in [0.2, 0.25) is 6.29 Å². The third-order valence-corrected chi connectivity index (χ3v) is 1.91. The summed E-state index contributed by atoms with van der Waals surface area (Å²) in [7, 11) is 0. The summed E-state index contributed by atoms with van der Waals surface area (Å²) in [4.78, 5) is 32.3. The van der Waals surface area contributed by atoms with Crippen molar-refractivity contribution < 1.29 is 29.0 Å². The van der Waals surface area contributed by atoms with E-state index in [1.54, 1.807) is 6.92 Å². The molecule has 0 amide bonds. The average molecular weight is 246 g/mol. The Hall–Kier alpha value is -1.59. The summed E-state index contributed by atoms with van der Waals surface area (Å²) in [6.07, 6.45) is 0.359. The molecule has 0 fully saturated rings. The number of rotatable bonds is 8. The number of carbonyl (C=O) groups is 3. The highest BCUT2D eigenvalue weighted by Gasteiger charge is 2.12. The Balaban J connectivity index is 3.64. The lowest BCUT2D eigenvalue weighted by Gasteiger charge is -2.13. The molecule has 0 rings (SSSR count). The maximum absolute atomic E-state index is 11.2. The van der Waals surface area contributed by atoms with Gasteiger partial charge >= 0.3 is 17.9 Å². The number of esters is 2. The second kappa shape index (κ2) is 8.55.